The second kappa shape index (κ2) is 7.74. The number of nitrogens with one attached hydrogen (secondary N) is 2. The number of aromatic nitrogens is 2. The molecule has 0 bridgehead atoms. The van der Waals surface area contributed by atoms with Crippen molar-refractivity contribution in [3.8, 4) is 0 Å². The van der Waals surface area contributed by atoms with Crippen molar-refractivity contribution < 1.29 is 9.53 Å². The van der Waals surface area contributed by atoms with Gasteiger partial charge in [-0.3, -0.25) is 10.00 Å². The standard InChI is InChI=1S/C18H31N5O2/c1-12(22-8-9-25-11-13(22)2)10-19-18(24)23-7-5-6-16(23)17-14(3)20-21-15(17)4/h12-13,16H,5-11H2,1-4H3,(H,19,24)(H,20,21)/t12-,13+,16+/m1/s1. The van der Waals surface area contributed by atoms with E-state index >= 15 is 0 Å². The van der Waals surface area contributed by atoms with E-state index < -0.39 is 0 Å². The van der Waals surface area contributed by atoms with Crippen molar-refractivity contribution >= 4 is 6.03 Å². The summed E-state index contributed by atoms with van der Waals surface area (Å²) in [5.41, 5.74) is 3.25. The molecule has 0 spiro atoms. The summed E-state index contributed by atoms with van der Waals surface area (Å²) in [6.45, 7) is 12.3. The number of amides is 2. The molecule has 7 nitrogen and oxygen atoms in total. The molecule has 3 atom stereocenters. The molecule has 2 N–H and O–H groups in total. The normalized spacial score (nSPS) is 26.0. The van der Waals surface area contributed by atoms with Crippen LogP contribution in [-0.4, -0.2) is 71.0 Å². The number of aromatic amines is 1. The maximum Gasteiger partial charge on any atom is 0.317 e. The number of H-pyrrole nitrogens is 1. The van der Waals surface area contributed by atoms with Gasteiger partial charge < -0.3 is 15.0 Å². The van der Waals surface area contributed by atoms with Gasteiger partial charge >= 0.3 is 6.03 Å². The maximum absolute atomic E-state index is 12.8. The van der Waals surface area contributed by atoms with E-state index in [2.05, 4.69) is 34.3 Å². The summed E-state index contributed by atoms with van der Waals surface area (Å²) in [6, 6.07) is 0.879. The smallest absolute Gasteiger partial charge is 0.317 e. The zero-order chi connectivity index (χ0) is 18.0. The average molecular weight is 349 g/mol. The molecule has 2 aliphatic heterocycles. The van der Waals surface area contributed by atoms with Crippen molar-refractivity contribution in [2.75, 3.05) is 32.8 Å². The number of ether oxygens (including phenoxy) is 1. The van der Waals surface area contributed by atoms with Crippen LogP contribution in [0, 0.1) is 13.8 Å². The fourth-order valence-electron chi connectivity index (χ4n) is 4.21. The zero-order valence-electron chi connectivity index (χ0n) is 15.8. The van der Waals surface area contributed by atoms with E-state index in [4.69, 9.17) is 4.74 Å². The summed E-state index contributed by atoms with van der Waals surface area (Å²) in [6.07, 6.45) is 2.04. The summed E-state index contributed by atoms with van der Waals surface area (Å²) in [5, 5.41) is 10.5. The van der Waals surface area contributed by atoms with Gasteiger partial charge in [0.25, 0.3) is 0 Å². The van der Waals surface area contributed by atoms with Crippen molar-refractivity contribution in [3.63, 3.8) is 0 Å². The lowest BCUT2D eigenvalue weighted by atomic mass is 10.0. The Morgan fingerprint density at radius 1 is 1.44 bits per heavy atom. The largest absolute Gasteiger partial charge is 0.379 e. The van der Waals surface area contributed by atoms with E-state index in [9.17, 15) is 4.79 Å². The molecule has 2 saturated heterocycles. The highest BCUT2D eigenvalue weighted by Gasteiger charge is 2.33. The van der Waals surface area contributed by atoms with Gasteiger partial charge in [-0.1, -0.05) is 0 Å². The molecule has 2 aliphatic rings. The van der Waals surface area contributed by atoms with Crippen LogP contribution in [0.15, 0.2) is 0 Å². The van der Waals surface area contributed by atoms with Crippen LogP contribution >= 0.6 is 0 Å². The van der Waals surface area contributed by atoms with Crippen LogP contribution in [0.3, 0.4) is 0 Å². The van der Waals surface area contributed by atoms with Crippen LogP contribution in [0.5, 0.6) is 0 Å². The third-order valence-corrected chi connectivity index (χ3v) is 5.57. The molecule has 1 aromatic heterocycles. The number of hydrogen-bond acceptors (Lipinski definition) is 4. The van der Waals surface area contributed by atoms with Gasteiger partial charge in [0, 0.05) is 43.0 Å². The minimum absolute atomic E-state index is 0.0373. The highest BCUT2D eigenvalue weighted by Crippen LogP contribution is 2.34. The minimum atomic E-state index is 0.0373. The Hall–Kier alpha value is -1.60. The first-order valence-electron chi connectivity index (χ1n) is 9.38. The van der Waals surface area contributed by atoms with E-state index in [1.165, 1.54) is 5.56 Å². The Morgan fingerprint density at radius 2 is 2.24 bits per heavy atom. The molecule has 3 rings (SSSR count). The quantitative estimate of drug-likeness (QED) is 0.872. The van der Waals surface area contributed by atoms with Crippen LogP contribution in [0.4, 0.5) is 4.79 Å². The Kier molecular flexibility index (Phi) is 5.64. The lowest BCUT2D eigenvalue weighted by Gasteiger charge is -2.38. The number of likely N-dealkylation sites (tertiary alicyclic amines) is 1. The van der Waals surface area contributed by atoms with Gasteiger partial charge in [-0.25, -0.2) is 4.79 Å². The van der Waals surface area contributed by atoms with Gasteiger partial charge in [0.05, 0.1) is 24.9 Å². The van der Waals surface area contributed by atoms with E-state index in [0.29, 0.717) is 18.6 Å². The molecule has 0 saturated carbocycles. The predicted octanol–water partition coefficient (Wildman–Crippen LogP) is 1.98. The number of aryl methyl sites for hydroxylation is 2. The van der Waals surface area contributed by atoms with E-state index in [-0.39, 0.29) is 12.1 Å². The van der Waals surface area contributed by atoms with Gasteiger partial charge in [0.15, 0.2) is 0 Å². The summed E-state index contributed by atoms with van der Waals surface area (Å²) in [5.74, 6) is 0. The van der Waals surface area contributed by atoms with Gasteiger partial charge in [0.2, 0.25) is 0 Å². The number of nitrogens with zero attached hydrogens (tertiary/aromatic N) is 3. The van der Waals surface area contributed by atoms with E-state index in [1.807, 2.05) is 18.7 Å². The number of carbonyl (C=O) groups is 1. The molecule has 2 amide bonds. The van der Waals surface area contributed by atoms with Crippen LogP contribution in [0.1, 0.15) is 49.7 Å². The van der Waals surface area contributed by atoms with Crippen molar-refractivity contribution in [2.45, 2.75) is 58.7 Å². The fourth-order valence-corrected chi connectivity index (χ4v) is 4.21. The van der Waals surface area contributed by atoms with E-state index in [0.717, 1.165) is 50.5 Å². The van der Waals surface area contributed by atoms with Gasteiger partial charge in [-0.05, 0) is 40.5 Å². The predicted molar refractivity (Wildman–Crippen MR) is 96.6 cm³/mol. The van der Waals surface area contributed by atoms with Gasteiger partial charge in [0.1, 0.15) is 0 Å². The van der Waals surface area contributed by atoms with Crippen molar-refractivity contribution in [1.82, 2.24) is 25.3 Å². The number of hydrogen-bond donors (Lipinski definition) is 2. The molecule has 25 heavy (non-hydrogen) atoms. The lowest BCUT2D eigenvalue weighted by Crippen LogP contribution is -2.53. The number of rotatable bonds is 4. The first-order chi connectivity index (χ1) is 12.0. The van der Waals surface area contributed by atoms with Crippen molar-refractivity contribution in [1.29, 1.82) is 0 Å². The molecular formula is C18H31N5O2. The van der Waals surface area contributed by atoms with Gasteiger partial charge in [-0.2, -0.15) is 5.10 Å². The number of urea groups is 1. The average Bonchev–Trinajstić information content (AvgIpc) is 3.19. The minimum Gasteiger partial charge on any atom is -0.379 e. The molecule has 0 aromatic carbocycles. The molecule has 7 heteroatoms. The van der Waals surface area contributed by atoms with Crippen LogP contribution in [-0.2, 0) is 4.74 Å². The molecule has 0 radical (unpaired) electrons. The zero-order valence-corrected chi connectivity index (χ0v) is 15.8. The third-order valence-electron chi connectivity index (χ3n) is 5.57. The summed E-state index contributed by atoms with van der Waals surface area (Å²) < 4.78 is 5.50. The summed E-state index contributed by atoms with van der Waals surface area (Å²) >= 11 is 0. The number of morpholine rings is 1. The SMILES string of the molecule is Cc1n[nH]c(C)c1[C@@H]1CCCN1C(=O)NC[C@@H](C)N1CCOC[C@@H]1C. The van der Waals surface area contributed by atoms with Crippen LogP contribution < -0.4 is 5.32 Å². The Labute approximate surface area is 150 Å². The van der Waals surface area contributed by atoms with E-state index in [1.54, 1.807) is 0 Å². The Balaban J connectivity index is 1.59. The molecule has 2 fully saturated rings. The third kappa shape index (κ3) is 3.82. The van der Waals surface area contributed by atoms with Crippen molar-refractivity contribution in [3.05, 3.63) is 17.0 Å². The lowest BCUT2D eigenvalue weighted by molar-refractivity contribution is -0.0178. The van der Waals surface area contributed by atoms with Crippen LogP contribution in [0.2, 0.25) is 0 Å². The highest BCUT2D eigenvalue weighted by molar-refractivity contribution is 5.75. The highest BCUT2D eigenvalue weighted by atomic mass is 16.5. The molecule has 140 valence electrons. The maximum atomic E-state index is 12.8. The monoisotopic (exact) mass is 349 g/mol. The molecule has 0 aliphatic carbocycles. The van der Waals surface area contributed by atoms with Crippen LogP contribution in [0.25, 0.3) is 0 Å². The Bertz CT molecular complexity index is 583. The summed E-state index contributed by atoms with van der Waals surface area (Å²) in [7, 11) is 0. The molecule has 1 aromatic rings. The second-order valence-electron chi connectivity index (χ2n) is 7.40. The first kappa shape index (κ1) is 18.2. The van der Waals surface area contributed by atoms with Gasteiger partial charge in [-0.15, -0.1) is 0 Å². The molecular weight excluding hydrogens is 318 g/mol. The first-order valence-corrected chi connectivity index (χ1v) is 9.38. The molecule has 0 unspecified atom stereocenters. The topological polar surface area (TPSA) is 73.5 Å². The second-order valence-corrected chi connectivity index (χ2v) is 7.40. The fraction of sp³-hybridized carbons (Fsp3) is 0.778. The summed E-state index contributed by atoms with van der Waals surface area (Å²) in [4.78, 5) is 17.2. The van der Waals surface area contributed by atoms with Crippen molar-refractivity contribution in [2.24, 2.45) is 0 Å². The molecule has 3 heterocycles. The number of carbonyl (C=O) groups excluding carboxylic acids is 1. The Morgan fingerprint density at radius 3 is 2.92 bits per heavy atom.